The second-order valence-electron chi connectivity index (χ2n) is 4.29. The van der Waals surface area contributed by atoms with Crippen LogP contribution in [0.15, 0.2) is 0 Å². The van der Waals surface area contributed by atoms with E-state index < -0.39 is 0 Å². The first kappa shape index (κ1) is 15.7. The van der Waals surface area contributed by atoms with E-state index in [0.717, 1.165) is 32.0 Å². The summed E-state index contributed by atoms with van der Waals surface area (Å²) in [6, 6.07) is 0. The Bertz CT molecular complexity index is 196. The van der Waals surface area contributed by atoms with Gasteiger partial charge in [0.05, 0.1) is 12.5 Å². The van der Waals surface area contributed by atoms with Gasteiger partial charge in [-0.2, -0.15) is 0 Å². The lowest BCUT2D eigenvalue weighted by atomic mass is 10.1. The van der Waals surface area contributed by atoms with Gasteiger partial charge in [-0.05, 0) is 31.8 Å². The molecule has 96 valence electrons. The maximum Gasteiger partial charge on any atom is 0.225 e. The summed E-state index contributed by atoms with van der Waals surface area (Å²) in [5.74, 6) is 0.794. The molecule has 0 aromatic carbocycles. The van der Waals surface area contributed by atoms with Crippen molar-refractivity contribution in [2.75, 3.05) is 33.4 Å². The molecule has 16 heavy (non-hydrogen) atoms. The molecule has 4 nitrogen and oxygen atoms in total. The van der Waals surface area contributed by atoms with Crippen LogP contribution in [0.25, 0.3) is 0 Å². The minimum atomic E-state index is -0.0447. The van der Waals surface area contributed by atoms with Crippen molar-refractivity contribution < 1.29 is 9.53 Å². The number of nitrogens with one attached hydrogen (secondary N) is 2. The van der Waals surface area contributed by atoms with E-state index in [1.165, 1.54) is 6.42 Å². The van der Waals surface area contributed by atoms with Gasteiger partial charge in [0, 0.05) is 13.7 Å². The molecular formula is C11H23ClN2O2. The average molecular weight is 251 g/mol. The number of rotatable bonds is 6. The van der Waals surface area contributed by atoms with Crippen LogP contribution in [0.1, 0.15) is 19.8 Å². The quantitative estimate of drug-likeness (QED) is 0.734. The smallest absolute Gasteiger partial charge is 0.225 e. The molecule has 0 radical (unpaired) electrons. The van der Waals surface area contributed by atoms with Gasteiger partial charge in [-0.15, -0.1) is 12.4 Å². The number of methoxy groups -OCH3 is 1. The van der Waals surface area contributed by atoms with Gasteiger partial charge in [-0.1, -0.05) is 6.92 Å². The zero-order chi connectivity index (χ0) is 11.1. The van der Waals surface area contributed by atoms with Gasteiger partial charge in [0.25, 0.3) is 0 Å². The molecule has 1 rings (SSSR count). The Balaban J connectivity index is 0.00000225. The Morgan fingerprint density at radius 3 is 2.94 bits per heavy atom. The first-order valence-corrected chi connectivity index (χ1v) is 5.71. The van der Waals surface area contributed by atoms with E-state index in [-0.39, 0.29) is 24.2 Å². The predicted octanol–water partition coefficient (Wildman–Crippen LogP) is 0.806. The lowest BCUT2D eigenvalue weighted by Gasteiger charge is -2.12. The zero-order valence-corrected chi connectivity index (χ0v) is 10.9. The van der Waals surface area contributed by atoms with Crippen molar-refractivity contribution in [2.24, 2.45) is 11.8 Å². The highest BCUT2D eigenvalue weighted by Crippen LogP contribution is 2.10. The van der Waals surface area contributed by atoms with Gasteiger partial charge >= 0.3 is 0 Å². The zero-order valence-electron chi connectivity index (χ0n) is 10.1. The van der Waals surface area contributed by atoms with Crippen LogP contribution < -0.4 is 10.6 Å². The minimum Gasteiger partial charge on any atom is -0.384 e. The molecule has 0 saturated carbocycles. The van der Waals surface area contributed by atoms with Gasteiger partial charge in [-0.25, -0.2) is 0 Å². The molecule has 0 aromatic rings. The second kappa shape index (κ2) is 8.79. The molecule has 0 aliphatic carbocycles. The number of ether oxygens (including phenoxy) is 1. The molecule has 1 saturated heterocycles. The van der Waals surface area contributed by atoms with E-state index in [0.29, 0.717) is 6.61 Å². The maximum atomic E-state index is 11.5. The highest BCUT2D eigenvalue weighted by Gasteiger charge is 2.15. The summed E-state index contributed by atoms with van der Waals surface area (Å²) in [5.41, 5.74) is 0. The van der Waals surface area contributed by atoms with Gasteiger partial charge < -0.3 is 15.4 Å². The second-order valence-corrected chi connectivity index (χ2v) is 4.29. The lowest BCUT2D eigenvalue weighted by molar-refractivity contribution is -0.126. The first-order chi connectivity index (χ1) is 7.24. The summed E-state index contributed by atoms with van der Waals surface area (Å²) in [4.78, 5) is 11.5. The molecule has 1 fully saturated rings. The van der Waals surface area contributed by atoms with E-state index in [1.807, 2.05) is 6.92 Å². The fourth-order valence-corrected chi connectivity index (χ4v) is 1.86. The van der Waals surface area contributed by atoms with Crippen LogP contribution in [0.3, 0.4) is 0 Å². The normalized spacial score (nSPS) is 21.2. The number of halogens is 1. The molecule has 1 aliphatic heterocycles. The van der Waals surface area contributed by atoms with E-state index in [9.17, 15) is 4.79 Å². The number of hydrogen-bond acceptors (Lipinski definition) is 3. The first-order valence-electron chi connectivity index (χ1n) is 5.71. The van der Waals surface area contributed by atoms with E-state index in [1.54, 1.807) is 7.11 Å². The largest absolute Gasteiger partial charge is 0.384 e. The highest BCUT2D eigenvalue weighted by molar-refractivity contribution is 5.85. The molecule has 2 N–H and O–H groups in total. The summed E-state index contributed by atoms with van der Waals surface area (Å²) in [7, 11) is 1.62. The van der Waals surface area contributed by atoms with Crippen LogP contribution in [0.4, 0.5) is 0 Å². The molecule has 0 aromatic heterocycles. The summed E-state index contributed by atoms with van der Waals surface area (Å²) in [6.07, 6.45) is 2.32. The van der Waals surface area contributed by atoms with Crippen molar-refractivity contribution in [1.82, 2.24) is 10.6 Å². The van der Waals surface area contributed by atoms with Gasteiger partial charge in [0.1, 0.15) is 0 Å². The van der Waals surface area contributed by atoms with Crippen LogP contribution in [0, 0.1) is 11.8 Å². The number of amides is 1. The Hall–Kier alpha value is -0.320. The van der Waals surface area contributed by atoms with Crippen LogP contribution in [0.5, 0.6) is 0 Å². The highest BCUT2D eigenvalue weighted by atomic mass is 35.5. The number of hydrogen-bond donors (Lipinski definition) is 2. The van der Waals surface area contributed by atoms with Crippen molar-refractivity contribution >= 4 is 18.3 Å². The molecule has 1 amide bonds. The Morgan fingerprint density at radius 2 is 2.38 bits per heavy atom. The topological polar surface area (TPSA) is 50.4 Å². The summed E-state index contributed by atoms with van der Waals surface area (Å²) < 4.78 is 4.93. The number of carbonyl (C=O) groups is 1. The van der Waals surface area contributed by atoms with E-state index in [2.05, 4.69) is 10.6 Å². The Labute approximate surface area is 104 Å². The van der Waals surface area contributed by atoms with E-state index >= 15 is 0 Å². The maximum absolute atomic E-state index is 11.5. The summed E-state index contributed by atoms with van der Waals surface area (Å²) in [5, 5.41) is 6.27. The van der Waals surface area contributed by atoms with Crippen molar-refractivity contribution in [2.45, 2.75) is 19.8 Å². The van der Waals surface area contributed by atoms with Crippen LogP contribution >= 0.6 is 12.4 Å². The van der Waals surface area contributed by atoms with Gasteiger partial charge in [0.2, 0.25) is 5.91 Å². The van der Waals surface area contributed by atoms with Crippen LogP contribution in [0.2, 0.25) is 0 Å². The van der Waals surface area contributed by atoms with Crippen LogP contribution in [-0.2, 0) is 9.53 Å². The van der Waals surface area contributed by atoms with Crippen molar-refractivity contribution in [3.63, 3.8) is 0 Å². The van der Waals surface area contributed by atoms with E-state index in [4.69, 9.17) is 4.74 Å². The van der Waals surface area contributed by atoms with Crippen molar-refractivity contribution in [1.29, 1.82) is 0 Å². The van der Waals surface area contributed by atoms with Crippen LogP contribution in [-0.4, -0.2) is 39.3 Å². The standard InChI is InChI=1S/C11H22N2O2.ClH/c1-9(8-15-2)11(14)13-6-4-10-3-5-12-7-10;/h9-10,12H,3-8H2,1-2H3,(H,13,14);1H. The Morgan fingerprint density at radius 1 is 1.62 bits per heavy atom. The molecular weight excluding hydrogens is 228 g/mol. The third-order valence-corrected chi connectivity index (χ3v) is 2.88. The Kier molecular flexibility index (Phi) is 8.61. The summed E-state index contributed by atoms with van der Waals surface area (Å²) in [6.45, 7) is 5.40. The molecule has 1 heterocycles. The molecule has 2 atom stereocenters. The van der Waals surface area contributed by atoms with Gasteiger partial charge in [0.15, 0.2) is 0 Å². The molecule has 0 spiro atoms. The SMILES string of the molecule is COCC(C)C(=O)NCCC1CCNC1.Cl. The lowest BCUT2D eigenvalue weighted by Crippen LogP contribution is -2.33. The number of carbonyl (C=O) groups excluding carboxylic acids is 1. The predicted molar refractivity (Wildman–Crippen MR) is 66.9 cm³/mol. The van der Waals surface area contributed by atoms with Crippen molar-refractivity contribution in [3.8, 4) is 0 Å². The fourth-order valence-electron chi connectivity index (χ4n) is 1.86. The average Bonchev–Trinajstić information content (AvgIpc) is 2.71. The van der Waals surface area contributed by atoms with Crippen molar-refractivity contribution in [3.05, 3.63) is 0 Å². The van der Waals surface area contributed by atoms with Gasteiger partial charge in [-0.3, -0.25) is 4.79 Å². The third kappa shape index (κ3) is 5.68. The summed E-state index contributed by atoms with van der Waals surface area (Å²) >= 11 is 0. The molecule has 2 unspecified atom stereocenters. The molecule has 0 bridgehead atoms. The third-order valence-electron chi connectivity index (χ3n) is 2.88. The minimum absolute atomic E-state index is 0. The molecule has 1 aliphatic rings. The molecule has 5 heteroatoms. The fraction of sp³-hybridized carbons (Fsp3) is 0.909. The monoisotopic (exact) mass is 250 g/mol.